The first-order chi connectivity index (χ1) is 8.46. The largest absolute Gasteiger partial charge is 0.314 e. The summed E-state index contributed by atoms with van der Waals surface area (Å²) in [6.45, 7) is 5.89. The van der Waals surface area contributed by atoms with Crippen molar-refractivity contribution >= 4 is 38.9 Å². The van der Waals surface area contributed by atoms with Crippen molar-refractivity contribution in [2.45, 2.75) is 52.0 Å². The average Bonchev–Trinajstić information content (AvgIpc) is 3.04. The molecule has 0 saturated heterocycles. The lowest BCUT2D eigenvalue weighted by Crippen LogP contribution is -2.24. The molecule has 1 aromatic heterocycles. The first-order valence-electron chi connectivity index (χ1n) is 6.63. The lowest BCUT2D eigenvalue weighted by molar-refractivity contribution is 0.302. The van der Waals surface area contributed by atoms with Crippen LogP contribution in [0.2, 0.25) is 4.34 Å². The van der Waals surface area contributed by atoms with Gasteiger partial charge in [-0.15, -0.1) is 11.3 Å². The molecule has 0 unspecified atom stereocenters. The Bertz CT molecular complexity index is 379. The Labute approximate surface area is 127 Å². The molecule has 0 aromatic carbocycles. The van der Waals surface area contributed by atoms with Crippen LogP contribution in [0.3, 0.4) is 0 Å². The SMILES string of the molecule is CC(C)(CCNC1CC1)CCc1cc(Br)c(Cl)s1. The Morgan fingerprint density at radius 3 is 2.72 bits per heavy atom. The molecule has 4 heteroatoms. The highest BCUT2D eigenvalue weighted by Crippen LogP contribution is 2.35. The summed E-state index contributed by atoms with van der Waals surface area (Å²) in [6, 6.07) is 2.98. The van der Waals surface area contributed by atoms with Gasteiger partial charge in [0.25, 0.3) is 0 Å². The molecule has 0 amide bonds. The molecule has 1 nitrogen and oxygen atoms in total. The van der Waals surface area contributed by atoms with E-state index in [2.05, 4.69) is 41.2 Å². The van der Waals surface area contributed by atoms with E-state index in [4.69, 9.17) is 11.6 Å². The van der Waals surface area contributed by atoms with Crippen LogP contribution in [0, 0.1) is 5.41 Å². The summed E-state index contributed by atoms with van der Waals surface area (Å²) in [5.41, 5.74) is 0.408. The zero-order valence-corrected chi connectivity index (χ0v) is 14.2. The van der Waals surface area contributed by atoms with Crippen LogP contribution in [0.4, 0.5) is 0 Å². The van der Waals surface area contributed by atoms with Gasteiger partial charge in [0.15, 0.2) is 0 Å². The number of hydrogen-bond acceptors (Lipinski definition) is 2. The van der Waals surface area contributed by atoms with Gasteiger partial charge in [-0.1, -0.05) is 25.4 Å². The molecule has 1 aromatic rings. The molecule has 1 fully saturated rings. The van der Waals surface area contributed by atoms with E-state index in [0.29, 0.717) is 5.41 Å². The van der Waals surface area contributed by atoms with Crippen LogP contribution in [0.1, 0.15) is 44.4 Å². The van der Waals surface area contributed by atoms with Gasteiger partial charge in [0, 0.05) is 15.4 Å². The van der Waals surface area contributed by atoms with E-state index < -0.39 is 0 Å². The molecule has 0 atom stereocenters. The van der Waals surface area contributed by atoms with Gasteiger partial charge >= 0.3 is 0 Å². The fourth-order valence-electron chi connectivity index (χ4n) is 2.00. The van der Waals surface area contributed by atoms with E-state index in [1.54, 1.807) is 11.3 Å². The van der Waals surface area contributed by atoms with Crippen molar-refractivity contribution < 1.29 is 0 Å². The van der Waals surface area contributed by atoms with Gasteiger partial charge in [-0.05, 0) is 66.1 Å². The Morgan fingerprint density at radius 1 is 1.44 bits per heavy atom. The molecule has 0 bridgehead atoms. The highest BCUT2D eigenvalue weighted by Gasteiger charge is 2.23. The minimum atomic E-state index is 0.408. The summed E-state index contributed by atoms with van der Waals surface area (Å²) >= 11 is 11.2. The summed E-state index contributed by atoms with van der Waals surface area (Å²) in [5.74, 6) is 0. The van der Waals surface area contributed by atoms with Crippen LogP contribution < -0.4 is 5.32 Å². The van der Waals surface area contributed by atoms with Gasteiger partial charge in [0.1, 0.15) is 4.34 Å². The molecule has 18 heavy (non-hydrogen) atoms. The third-order valence-corrected chi connectivity index (χ3v) is 6.09. The maximum absolute atomic E-state index is 6.07. The van der Waals surface area contributed by atoms with Crippen LogP contribution in [0.25, 0.3) is 0 Å². The van der Waals surface area contributed by atoms with Crippen molar-refractivity contribution in [3.05, 3.63) is 19.8 Å². The first kappa shape index (κ1) is 14.8. The van der Waals surface area contributed by atoms with Crippen molar-refractivity contribution in [1.82, 2.24) is 5.32 Å². The smallest absolute Gasteiger partial charge is 0.107 e. The summed E-state index contributed by atoms with van der Waals surface area (Å²) in [6.07, 6.45) is 6.36. The van der Waals surface area contributed by atoms with Gasteiger partial charge in [0.2, 0.25) is 0 Å². The van der Waals surface area contributed by atoms with Crippen molar-refractivity contribution in [2.24, 2.45) is 5.41 Å². The van der Waals surface area contributed by atoms with E-state index in [1.165, 1.54) is 30.6 Å². The van der Waals surface area contributed by atoms with Gasteiger partial charge in [-0.25, -0.2) is 0 Å². The third-order valence-electron chi connectivity index (χ3n) is 3.56. The Morgan fingerprint density at radius 2 is 2.17 bits per heavy atom. The topological polar surface area (TPSA) is 12.0 Å². The predicted molar refractivity (Wildman–Crippen MR) is 84.8 cm³/mol. The number of aryl methyl sites for hydroxylation is 1. The summed E-state index contributed by atoms with van der Waals surface area (Å²) < 4.78 is 1.91. The second-order valence-electron chi connectivity index (χ2n) is 5.98. The fraction of sp³-hybridized carbons (Fsp3) is 0.714. The van der Waals surface area contributed by atoms with Gasteiger partial charge < -0.3 is 5.32 Å². The Balaban J connectivity index is 1.72. The lowest BCUT2D eigenvalue weighted by atomic mass is 9.84. The van der Waals surface area contributed by atoms with E-state index >= 15 is 0 Å². The van der Waals surface area contributed by atoms with Gasteiger partial charge in [-0.2, -0.15) is 0 Å². The highest BCUT2D eigenvalue weighted by atomic mass is 79.9. The van der Waals surface area contributed by atoms with Crippen LogP contribution in [-0.2, 0) is 6.42 Å². The quantitative estimate of drug-likeness (QED) is 0.707. The van der Waals surface area contributed by atoms with Gasteiger partial charge in [-0.3, -0.25) is 0 Å². The standard InChI is InChI=1S/C14H21BrClNS/c1-14(2,7-8-17-10-3-4-10)6-5-11-9-12(15)13(16)18-11/h9-10,17H,3-8H2,1-2H3. The molecule has 0 radical (unpaired) electrons. The average molecular weight is 351 g/mol. The molecule has 1 heterocycles. The normalized spacial score (nSPS) is 16.2. The van der Waals surface area contributed by atoms with Crippen molar-refractivity contribution in [1.29, 1.82) is 0 Å². The maximum Gasteiger partial charge on any atom is 0.107 e. The first-order valence-corrected chi connectivity index (χ1v) is 8.62. The molecule has 0 spiro atoms. The van der Waals surface area contributed by atoms with Crippen molar-refractivity contribution in [3.63, 3.8) is 0 Å². The number of rotatable bonds is 7. The van der Waals surface area contributed by atoms with E-state index in [9.17, 15) is 0 Å². The number of hydrogen-bond donors (Lipinski definition) is 1. The molecule has 102 valence electrons. The minimum Gasteiger partial charge on any atom is -0.314 e. The zero-order valence-electron chi connectivity index (χ0n) is 11.1. The van der Waals surface area contributed by atoms with Crippen LogP contribution in [-0.4, -0.2) is 12.6 Å². The molecular formula is C14H21BrClNS. The van der Waals surface area contributed by atoms with Gasteiger partial charge in [0.05, 0.1) is 0 Å². The Kier molecular flexibility index (Phi) is 5.15. The molecule has 1 aliphatic rings. The fourth-order valence-corrected chi connectivity index (χ4v) is 3.79. The lowest BCUT2D eigenvalue weighted by Gasteiger charge is -2.24. The van der Waals surface area contributed by atoms with E-state index in [-0.39, 0.29) is 0 Å². The number of thiophene rings is 1. The molecule has 1 N–H and O–H groups in total. The molecule has 0 aliphatic heterocycles. The van der Waals surface area contributed by atoms with E-state index in [1.807, 2.05) is 0 Å². The number of nitrogens with one attached hydrogen (secondary N) is 1. The van der Waals surface area contributed by atoms with Crippen molar-refractivity contribution in [2.75, 3.05) is 6.54 Å². The monoisotopic (exact) mass is 349 g/mol. The zero-order chi connectivity index (χ0) is 13.2. The third kappa shape index (κ3) is 4.84. The maximum atomic E-state index is 6.07. The molecule has 1 aliphatic carbocycles. The van der Waals surface area contributed by atoms with Crippen molar-refractivity contribution in [3.8, 4) is 0 Å². The highest BCUT2D eigenvalue weighted by molar-refractivity contribution is 9.10. The van der Waals surface area contributed by atoms with Crippen LogP contribution in [0.5, 0.6) is 0 Å². The summed E-state index contributed by atoms with van der Waals surface area (Å²) in [4.78, 5) is 1.38. The number of halogens is 2. The second-order valence-corrected chi connectivity index (χ2v) is 8.57. The van der Waals surface area contributed by atoms with E-state index in [0.717, 1.165) is 27.8 Å². The Hall–Kier alpha value is 0.430. The molecule has 2 rings (SSSR count). The predicted octanol–water partition coefficient (Wildman–Crippen LogP) is 5.26. The molecule has 1 saturated carbocycles. The summed E-state index contributed by atoms with van der Waals surface area (Å²) in [5, 5.41) is 3.60. The second kappa shape index (κ2) is 6.25. The molecular weight excluding hydrogens is 330 g/mol. The van der Waals surface area contributed by atoms with Crippen LogP contribution in [0.15, 0.2) is 10.5 Å². The van der Waals surface area contributed by atoms with Crippen LogP contribution >= 0.6 is 38.9 Å². The summed E-state index contributed by atoms with van der Waals surface area (Å²) in [7, 11) is 0. The minimum absolute atomic E-state index is 0.408.